The number of benzene rings is 2. The molecule has 0 N–H and O–H groups in total. The van der Waals surface area contributed by atoms with E-state index in [-0.39, 0.29) is 29.3 Å². The average Bonchev–Trinajstić information content (AvgIpc) is 3.23. The van der Waals surface area contributed by atoms with E-state index >= 15 is 0 Å². The van der Waals surface area contributed by atoms with Crippen LogP contribution >= 0.6 is 0 Å². The number of fused-ring (bicyclic) bond motifs is 4. The number of rotatable bonds is 2. The van der Waals surface area contributed by atoms with Crippen LogP contribution in [0.1, 0.15) is 15.9 Å². The molecular weight excluding hydrogens is 331 g/mol. The van der Waals surface area contributed by atoms with Gasteiger partial charge in [-0.25, -0.2) is 4.39 Å². The minimum absolute atomic E-state index is 0.149. The van der Waals surface area contributed by atoms with E-state index in [1.54, 1.807) is 48.7 Å². The van der Waals surface area contributed by atoms with E-state index in [2.05, 4.69) is 0 Å². The first kappa shape index (κ1) is 14.8. The number of nitrogens with zero attached hydrogens (tertiary/aromatic N) is 2. The second-order valence-electron chi connectivity index (χ2n) is 6.32. The first-order valence-electron chi connectivity index (χ1n) is 8.28. The molecular formula is C21H13FN2O2. The van der Waals surface area contributed by atoms with Crippen molar-refractivity contribution in [3.63, 3.8) is 0 Å². The van der Waals surface area contributed by atoms with Crippen LogP contribution in [-0.2, 0) is 6.54 Å². The van der Waals surface area contributed by atoms with Crippen LogP contribution in [0.3, 0.4) is 0 Å². The zero-order chi connectivity index (χ0) is 17.8. The number of halogens is 1. The molecule has 1 aliphatic rings. The molecule has 0 saturated carbocycles. The molecule has 0 saturated heterocycles. The summed E-state index contributed by atoms with van der Waals surface area (Å²) in [5.74, 6) is -0.651. The van der Waals surface area contributed by atoms with Crippen molar-refractivity contribution in [2.24, 2.45) is 0 Å². The Bertz CT molecular complexity index is 1270. The zero-order valence-electron chi connectivity index (χ0n) is 13.6. The summed E-state index contributed by atoms with van der Waals surface area (Å²) in [6, 6.07) is 17.2. The summed E-state index contributed by atoms with van der Waals surface area (Å²) < 4.78 is 17.6. The molecule has 0 fully saturated rings. The average molecular weight is 344 g/mol. The predicted molar refractivity (Wildman–Crippen MR) is 96.9 cm³/mol. The smallest absolute Gasteiger partial charge is 0.268 e. The lowest BCUT2D eigenvalue weighted by molar-refractivity contribution is 0.0968. The minimum atomic E-state index is -0.335. The quantitative estimate of drug-likeness (QED) is 0.490. The van der Waals surface area contributed by atoms with E-state index in [9.17, 15) is 14.0 Å². The van der Waals surface area contributed by atoms with Gasteiger partial charge >= 0.3 is 0 Å². The van der Waals surface area contributed by atoms with Gasteiger partial charge in [0, 0.05) is 17.1 Å². The molecule has 0 radical (unpaired) electrons. The lowest BCUT2D eigenvalue weighted by Gasteiger charge is -2.16. The molecule has 5 heteroatoms. The van der Waals surface area contributed by atoms with Crippen molar-refractivity contribution in [2.75, 3.05) is 0 Å². The predicted octanol–water partition coefficient (Wildman–Crippen LogP) is 3.66. The minimum Gasteiger partial charge on any atom is -0.334 e. The van der Waals surface area contributed by atoms with Crippen molar-refractivity contribution in [3.05, 3.63) is 94.0 Å². The van der Waals surface area contributed by atoms with Crippen molar-refractivity contribution >= 4 is 16.8 Å². The fourth-order valence-corrected chi connectivity index (χ4v) is 3.70. The highest BCUT2D eigenvalue weighted by Crippen LogP contribution is 2.33. The number of hydrogen-bond donors (Lipinski definition) is 0. The van der Waals surface area contributed by atoms with Gasteiger partial charge in [-0.2, -0.15) is 0 Å². The summed E-state index contributed by atoms with van der Waals surface area (Å²) in [6.07, 6.45) is 1.65. The van der Waals surface area contributed by atoms with Gasteiger partial charge in [0.1, 0.15) is 11.4 Å². The summed E-state index contributed by atoms with van der Waals surface area (Å²) in [4.78, 5) is 25.7. The molecule has 2 aromatic heterocycles. The first-order chi connectivity index (χ1) is 12.7. The molecule has 1 aliphatic heterocycles. The van der Waals surface area contributed by atoms with Crippen molar-refractivity contribution in [3.8, 4) is 11.4 Å². The van der Waals surface area contributed by atoms with Gasteiger partial charge in [0.05, 0.1) is 23.4 Å². The van der Waals surface area contributed by atoms with Gasteiger partial charge < -0.3 is 4.57 Å². The van der Waals surface area contributed by atoms with Crippen LogP contribution in [-0.4, -0.2) is 15.0 Å². The van der Waals surface area contributed by atoms with Crippen LogP contribution < -0.4 is 5.43 Å². The third kappa shape index (κ3) is 1.88. The maximum absolute atomic E-state index is 14.3. The molecule has 2 aromatic carbocycles. The van der Waals surface area contributed by atoms with E-state index in [1.165, 1.54) is 10.6 Å². The highest BCUT2D eigenvalue weighted by molar-refractivity contribution is 6.10. The highest BCUT2D eigenvalue weighted by Gasteiger charge is 2.32. The van der Waals surface area contributed by atoms with Crippen LogP contribution in [0.15, 0.2) is 71.7 Å². The third-order valence-electron chi connectivity index (χ3n) is 4.88. The number of aromatic nitrogens is 2. The number of carbonyl (C=O) groups excluding carboxylic acids is 1. The molecule has 0 bridgehead atoms. The lowest BCUT2D eigenvalue weighted by atomic mass is 10.1. The van der Waals surface area contributed by atoms with E-state index in [0.717, 1.165) is 0 Å². The summed E-state index contributed by atoms with van der Waals surface area (Å²) in [6.45, 7) is 0.230. The van der Waals surface area contributed by atoms with Crippen molar-refractivity contribution < 1.29 is 9.18 Å². The summed E-state index contributed by atoms with van der Waals surface area (Å²) >= 11 is 0. The largest absolute Gasteiger partial charge is 0.334 e. The number of para-hydroxylation sites is 1. The molecule has 5 rings (SSSR count). The highest BCUT2D eigenvalue weighted by atomic mass is 19.1. The van der Waals surface area contributed by atoms with Crippen LogP contribution in [0.2, 0.25) is 0 Å². The monoisotopic (exact) mass is 344 g/mol. The molecule has 0 unspecified atom stereocenters. The van der Waals surface area contributed by atoms with Crippen LogP contribution in [0, 0.1) is 5.82 Å². The van der Waals surface area contributed by atoms with Crippen LogP contribution in [0.25, 0.3) is 22.3 Å². The molecule has 0 aliphatic carbocycles. The molecule has 3 heterocycles. The molecule has 0 amide bonds. The number of hydrogen-bond acceptors (Lipinski definition) is 2. The normalized spacial score (nSPS) is 12.4. The molecule has 0 spiro atoms. The maximum atomic E-state index is 14.3. The van der Waals surface area contributed by atoms with E-state index in [0.29, 0.717) is 27.9 Å². The summed E-state index contributed by atoms with van der Waals surface area (Å²) in [5.41, 5.74) is 2.25. The number of pyridine rings is 1. The zero-order valence-corrected chi connectivity index (χ0v) is 13.6. The Hall–Kier alpha value is -3.47. The molecule has 4 aromatic rings. The Morgan fingerprint density at radius 1 is 0.885 bits per heavy atom. The fourth-order valence-electron chi connectivity index (χ4n) is 3.70. The standard InChI is InChI=1S/C21H13FN2O2/c22-15-8-3-1-6-13(15)12-24-16-9-4-2-7-14(16)20(25)18-19(24)17-10-5-11-23(17)21(18)26/h1-11H,12H2. The first-order valence-corrected chi connectivity index (χ1v) is 8.28. The van der Waals surface area contributed by atoms with E-state index in [1.807, 2.05) is 16.7 Å². The Labute approximate surface area is 147 Å². The Morgan fingerprint density at radius 2 is 1.65 bits per heavy atom. The van der Waals surface area contributed by atoms with Crippen LogP contribution in [0.4, 0.5) is 4.39 Å². The van der Waals surface area contributed by atoms with Crippen LogP contribution in [0.5, 0.6) is 0 Å². The second kappa shape index (κ2) is 5.26. The molecule has 0 atom stereocenters. The fraction of sp³-hybridized carbons (Fsp3) is 0.0476. The molecule has 26 heavy (non-hydrogen) atoms. The van der Waals surface area contributed by atoms with Crippen molar-refractivity contribution in [1.29, 1.82) is 0 Å². The van der Waals surface area contributed by atoms with Gasteiger partial charge in [-0.05, 0) is 30.3 Å². The summed E-state index contributed by atoms with van der Waals surface area (Å²) in [7, 11) is 0. The van der Waals surface area contributed by atoms with Crippen molar-refractivity contribution in [2.45, 2.75) is 6.54 Å². The van der Waals surface area contributed by atoms with Gasteiger partial charge in [0.2, 0.25) is 5.43 Å². The van der Waals surface area contributed by atoms with Crippen molar-refractivity contribution in [1.82, 2.24) is 9.13 Å². The van der Waals surface area contributed by atoms with Gasteiger partial charge in [0.25, 0.3) is 5.91 Å². The molecule has 4 nitrogen and oxygen atoms in total. The van der Waals surface area contributed by atoms with E-state index in [4.69, 9.17) is 0 Å². The lowest BCUT2D eigenvalue weighted by Crippen LogP contribution is -2.20. The maximum Gasteiger partial charge on any atom is 0.268 e. The third-order valence-corrected chi connectivity index (χ3v) is 4.88. The Kier molecular flexibility index (Phi) is 3.00. The van der Waals surface area contributed by atoms with Gasteiger partial charge in [-0.15, -0.1) is 0 Å². The van der Waals surface area contributed by atoms with Gasteiger partial charge in [-0.3, -0.25) is 14.2 Å². The van der Waals surface area contributed by atoms with Gasteiger partial charge in [-0.1, -0.05) is 30.3 Å². The summed E-state index contributed by atoms with van der Waals surface area (Å²) in [5, 5.41) is 0.460. The second-order valence-corrected chi connectivity index (χ2v) is 6.32. The SMILES string of the molecule is O=C1c2c(n(Cc3ccccc3F)c3ccccc3c2=O)-c2cccn21. The van der Waals surface area contributed by atoms with Gasteiger partial charge in [0.15, 0.2) is 0 Å². The molecule has 126 valence electrons. The number of carbonyl (C=O) groups is 1. The Morgan fingerprint density at radius 3 is 2.50 bits per heavy atom. The topological polar surface area (TPSA) is 44.0 Å². The Balaban J connectivity index is 1.90. The van der Waals surface area contributed by atoms with E-state index < -0.39 is 0 Å².